The van der Waals surface area contributed by atoms with Gasteiger partial charge >= 0.3 is 5.97 Å². The van der Waals surface area contributed by atoms with Crippen LogP contribution < -0.4 is 0 Å². The number of aliphatic hydroxyl groups excluding tert-OH is 1. The molecular formula is C23H24F2O4S. The number of alkyl halides is 2. The van der Waals surface area contributed by atoms with Gasteiger partial charge in [-0.3, -0.25) is 9.59 Å². The number of benzene rings is 1. The molecule has 0 spiro atoms. The van der Waals surface area contributed by atoms with E-state index in [2.05, 4.69) is 0 Å². The van der Waals surface area contributed by atoms with E-state index in [0.717, 1.165) is 10.1 Å². The number of carbonyl (C=O) groups excluding carboxylic acids is 1. The maximum atomic E-state index is 14.4. The van der Waals surface area contributed by atoms with E-state index in [1.54, 1.807) is 12.2 Å². The lowest BCUT2D eigenvalue weighted by molar-refractivity contribution is -0.137. The van der Waals surface area contributed by atoms with E-state index in [0.29, 0.717) is 17.7 Å². The smallest absolute Gasteiger partial charge is 0.303 e. The molecule has 2 aromatic rings. The van der Waals surface area contributed by atoms with Gasteiger partial charge in [0, 0.05) is 27.8 Å². The molecule has 7 heteroatoms. The number of allylic oxidation sites excluding steroid dienone is 3. The Bertz CT molecular complexity index is 930. The van der Waals surface area contributed by atoms with Gasteiger partial charge in [0.05, 0.1) is 6.42 Å². The Morgan fingerprint density at radius 3 is 2.80 bits per heavy atom. The molecule has 160 valence electrons. The molecule has 1 aromatic heterocycles. The van der Waals surface area contributed by atoms with E-state index in [9.17, 15) is 23.5 Å². The Labute approximate surface area is 177 Å². The van der Waals surface area contributed by atoms with Crippen molar-refractivity contribution in [1.82, 2.24) is 0 Å². The number of rotatable bonds is 9. The summed E-state index contributed by atoms with van der Waals surface area (Å²) >= 11 is 1.43. The van der Waals surface area contributed by atoms with E-state index in [1.165, 1.54) is 23.5 Å². The standard InChI is InChI=1S/C23H24F2O4S/c24-23(25)14-19(27)16(17(23)8-3-1-2-4-10-22(28)29)11-12-18(26)21-13-15-7-5-6-9-20(15)30-21/h1,3,5-7,9,11-13,16-18,26H,2,4,8,10,14H2,(H,28,29)/t16-,17-,18?/m1/s1. The van der Waals surface area contributed by atoms with Gasteiger partial charge in [-0.1, -0.05) is 42.5 Å². The van der Waals surface area contributed by atoms with Gasteiger partial charge in [0.2, 0.25) is 0 Å². The second kappa shape index (κ2) is 9.62. The van der Waals surface area contributed by atoms with E-state index in [4.69, 9.17) is 5.11 Å². The zero-order valence-corrected chi connectivity index (χ0v) is 17.2. The lowest BCUT2D eigenvalue weighted by atomic mass is 9.89. The highest BCUT2D eigenvalue weighted by Crippen LogP contribution is 2.45. The molecule has 1 unspecified atom stereocenters. The van der Waals surface area contributed by atoms with E-state index in [1.807, 2.05) is 30.3 Å². The zero-order chi connectivity index (χ0) is 21.7. The number of hydrogen-bond donors (Lipinski definition) is 2. The molecule has 0 saturated heterocycles. The Balaban J connectivity index is 1.66. The summed E-state index contributed by atoms with van der Waals surface area (Å²) in [7, 11) is 0. The molecule has 1 heterocycles. The minimum Gasteiger partial charge on any atom is -0.481 e. The number of aliphatic carboxylic acids is 1. The Kier molecular flexibility index (Phi) is 7.15. The van der Waals surface area contributed by atoms with Crippen LogP contribution in [-0.2, 0) is 9.59 Å². The molecule has 0 bridgehead atoms. The van der Waals surface area contributed by atoms with Gasteiger partial charge in [-0.25, -0.2) is 8.78 Å². The maximum Gasteiger partial charge on any atom is 0.303 e. The average Bonchev–Trinajstić information content (AvgIpc) is 3.20. The monoisotopic (exact) mass is 434 g/mol. The molecule has 4 nitrogen and oxygen atoms in total. The largest absolute Gasteiger partial charge is 0.481 e. The normalized spacial score (nSPS) is 22.4. The summed E-state index contributed by atoms with van der Waals surface area (Å²) in [5, 5.41) is 20.1. The first-order chi connectivity index (χ1) is 14.3. The van der Waals surface area contributed by atoms with Crippen LogP contribution in [0.5, 0.6) is 0 Å². The fourth-order valence-corrected chi connectivity index (χ4v) is 4.76. The summed E-state index contributed by atoms with van der Waals surface area (Å²) in [5.41, 5.74) is 0. The van der Waals surface area contributed by atoms with E-state index >= 15 is 0 Å². The lowest BCUT2D eigenvalue weighted by Crippen LogP contribution is -2.24. The fraction of sp³-hybridized carbons (Fsp3) is 0.391. The van der Waals surface area contributed by atoms with Crippen LogP contribution in [0.1, 0.15) is 43.1 Å². The minimum atomic E-state index is -3.10. The van der Waals surface area contributed by atoms with Crippen LogP contribution in [0.25, 0.3) is 10.1 Å². The third-order valence-corrected chi connectivity index (χ3v) is 6.50. The summed E-state index contributed by atoms with van der Waals surface area (Å²) in [5.74, 6) is -6.62. The third kappa shape index (κ3) is 5.40. The summed E-state index contributed by atoms with van der Waals surface area (Å²) < 4.78 is 29.7. The van der Waals surface area contributed by atoms with Crippen LogP contribution in [0.3, 0.4) is 0 Å². The number of ketones is 1. The Hall–Kier alpha value is -2.38. The van der Waals surface area contributed by atoms with Crippen molar-refractivity contribution < 1.29 is 28.6 Å². The van der Waals surface area contributed by atoms with E-state index < -0.39 is 42.0 Å². The molecule has 0 amide bonds. The quantitative estimate of drug-likeness (QED) is 0.402. The molecule has 30 heavy (non-hydrogen) atoms. The first-order valence-corrected chi connectivity index (χ1v) is 10.7. The van der Waals surface area contributed by atoms with Crippen molar-refractivity contribution in [3.8, 4) is 0 Å². The topological polar surface area (TPSA) is 74.6 Å². The van der Waals surface area contributed by atoms with Crippen molar-refractivity contribution in [3.05, 3.63) is 59.5 Å². The molecule has 0 radical (unpaired) electrons. The van der Waals surface area contributed by atoms with Crippen LogP contribution >= 0.6 is 11.3 Å². The predicted octanol–water partition coefficient (Wildman–Crippen LogP) is 5.53. The molecular weight excluding hydrogens is 410 g/mol. The highest BCUT2D eigenvalue weighted by Gasteiger charge is 2.53. The zero-order valence-electron chi connectivity index (χ0n) is 16.3. The van der Waals surface area contributed by atoms with Crippen LogP contribution in [0, 0.1) is 11.8 Å². The number of Topliss-reactive ketones (excluding diaryl/α,β-unsaturated/α-hetero) is 1. The predicted molar refractivity (Wildman–Crippen MR) is 113 cm³/mol. The van der Waals surface area contributed by atoms with Gasteiger partial charge < -0.3 is 10.2 Å². The maximum absolute atomic E-state index is 14.4. The first-order valence-electron chi connectivity index (χ1n) is 9.90. The van der Waals surface area contributed by atoms with Crippen molar-refractivity contribution in [3.63, 3.8) is 0 Å². The van der Waals surface area contributed by atoms with Gasteiger partial charge in [-0.2, -0.15) is 0 Å². The van der Waals surface area contributed by atoms with Gasteiger partial charge in [-0.15, -0.1) is 11.3 Å². The molecule has 1 aromatic carbocycles. The fourth-order valence-electron chi connectivity index (χ4n) is 3.73. The highest BCUT2D eigenvalue weighted by atomic mass is 32.1. The molecule has 1 saturated carbocycles. The van der Waals surface area contributed by atoms with E-state index in [-0.39, 0.29) is 12.8 Å². The van der Waals surface area contributed by atoms with Crippen LogP contribution in [0.4, 0.5) is 8.78 Å². The first kappa shape index (κ1) is 22.3. The van der Waals surface area contributed by atoms with Crippen molar-refractivity contribution in [2.24, 2.45) is 11.8 Å². The number of halogens is 2. The molecule has 1 aliphatic rings. The summed E-state index contributed by atoms with van der Waals surface area (Å²) in [6, 6.07) is 9.55. The number of carbonyl (C=O) groups is 2. The molecule has 1 aliphatic carbocycles. The minimum absolute atomic E-state index is 0.0276. The SMILES string of the molecule is O=C(O)CCCC=CC[C@@H]1[C@@H](C=CC(O)c2cc3ccccc3s2)C(=O)CC1(F)F. The van der Waals surface area contributed by atoms with Gasteiger partial charge in [0.1, 0.15) is 11.9 Å². The number of unbranched alkanes of at least 4 members (excludes halogenated alkanes) is 1. The van der Waals surface area contributed by atoms with Gasteiger partial charge in [-0.05, 0) is 36.8 Å². The Morgan fingerprint density at radius 2 is 2.07 bits per heavy atom. The number of aliphatic hydroxyl groups is 1. The van der Waals surface area contributed by atoms with Crippen LogP contribution in [-0.4, -0.2) is 27.9 Å². The number of hydrogen-bond acceptors (Lipinski definition) is 4. The summed E-state index contributed by atoms with van der Waals surface area (Å²) in [4.78, 5) is 23.4. The molecule has 3 rings (SSSR count). The third-order valence-electron chi connectivity index (χ3n) is 5.31. The lowest BCUT2D eigenvalue weighted by Gasteiger charge is -2.20. The number of carboxylic acid groups (broad SMARTS) is 1. The second-order valence-corrected chi connectivity index (χ2v) is 8.66. The average molecular weight is 435 g/mol. The van der Waals surface area contributed by atoms with Crippen molar-refractivity contribution in [1.29, 1.82) is 0 Å². The molecule has 3 atom stereocenters. The van der Waals surface area contributed by atoms with Crippen molar-refractivity contribution in [2.75, 3.05) is 0 Å². The van der Waals surface area contributed by atoms with Gasteiger partial charge in [0.25, 0.3) is 5.92 Å². The number of fused-ring (bicyclic) bond motifs is 1. The summed E-state index contributed by atoms with van der Waals surface area (Å²) in [6.45, 7) is 0. The van der Waals surface area contributed by atoms with Crippen molar-refractivity contribution in [2.45, 2.75) is 44.1 Å². The van der Waals surface area contributed by atoms with Crippen LogP contribution in [0.15, 0.2) is 54.6 Å². The van der Waals surface area contributed by atoms with Crippen LogP contribution in [0.2, 0.25) is 0 Å². The molecule has 2 N–H and O–H groups in total. The number of thiophene rings is 1. The molecule has 0 aliphatic heterocycles. The number of carboxylic acids is 1. The molecule has 1 fully saturated rings. The Morgan fingerprint density at radius 1 is 1.30 bits per heavy atom. The van der Waals surface area contributed by atoms with Gasteiger partial charge in [0.15, 0.2) is 0 Å². The summed E-state index contributed by atoms with van der Waals surface area (Å²) in [6.07, 6.45) is 5.37. The second-order valence-electron chi connectivity index (χ2n) is 7.55. The highest BCUT2D eigenvalue weighted by molar-refractivity contribution is 7.19. The van der Waals surface area contributed by atoms with Crippen molar-refractivity contribution >= 4 is 33.2 Å².